The molecule has 0 bridgehead atoms. The van der Waals surface area contributed by atoms with Crippen molar-refractivity contribution in [3.05, 3.63) is 6.33 Å². The Hall–Kier alpha value is -1.61. The maximum atomic E-state index is 10.9. The van der Waals surface area contributed by atoms with Crippen LogP contribution in [-0.2, 0) is 10.0 Å². The van der Waals surface area contributed by atoms with Gasteiger partial charge in [0.1, 0.15) is 6.33 Å². The van der Waals surface area contributed by atoms with E-state index < -0.39 is 10.0 Å². The second-order valence-corrected chi connectivity index (χ2v) is 6.31. The highest BCUT2D eigenvalue weighted by Crippen LogP contribution is 2.28. The molecule has 1 aromatic heterocycles. The van der Waals surface area contributed by atoms with E-state index in [0.717, 1.165) is 19.2 Å². The average Bonchev–Trinajstić information content (AvgIpc) is 2.43. The lowest BCUT2D eigenvalue weighted by atomic mass is 10.4. The lowest BCUT2D eigenvalue weighted by Gasteiger charge is -2.13. The van der Waals surface area contributed by atoms with E-state index in [0.29, 0.717) is 36.9 Å². The molecule has 8 nitrogen and oxygen atoms in total. The first-order chi connectivity index (χ1) is 9.98. The lowest BCUT2D eigenvalue weighted by Crippen LogP contribution is -2.24. The van der Waals surface area contributed by atoms with E-state index in [9.17, 15) is 8.42 Å². The number of anilines is 2. The topological polar surface area (TPSA) is 105 Å². The van der Waals surface area contributed by atoms with Crippen LogP contribution in [0.1, 0.15) is 19.8 Å². The number of aromatic nitrogens is 2. The highest BCUT2D eigenvalue weighted by atomic mass is 32.2. The molecule has 3 N–H and O–H groups in total. The average molecular weight is 317 g/mol. The van der Waals surface area contributed by atoms with Gasteiger partial charge < -0.3 is 15.4 Å². The van der Waals surface area contributed by atoms with Crippen LogP contribution in [0.3, 0.4) is 0 Å². The van der Waals surface area contributed by atoms with E-state index >= 15 is 0 Å². The van der Waals surface area contributed by atoms with E-state index in [4.69, 9.17) is 4.74 Å². The van der Waals surface area contributed by atoms with E-state index in [1.807, 2.05) is 0 Å². The molecule has 0 saturated heterocycles. The molecule has 1 heterocycles. The molecule has 21 heavy (non-hydrogen) atoms. The van der Waals surface area contributed by atoms with Crippen molar-refractivity contribution < 1.29 is 13.2 Å². The van der Waals surface area contributed by atoms with Crippen LogP contribution in [0.4, 0.5) is 11.6 Å². The zero-order valence-corrected chi connectivity index (χ0v) is 13.5. The Kier molecular flexibility index (Phi) is 7.17. The summed E-state index contributed by atoms with van der Waals surface area (Å²) in [6.45, 7) is 3.81. The molecule has 1 rings (SSSR count). The van der Waals surface area contributed by atoms with Crippen molar-refractivity contribution in [3.63, 3.8) is 0 Å². The maximum absolute atomic E-state index is 10.9. The van der Waals surface area contributed by atoms with Crippen molar-refractivity contribution >= 4 is 21.7 Å². The number of nitrogens with zero attached hydrogens (tertiary/aromatic N) is 2. The van der Waals surface area contributed by atoms with Crippen molar-refractivity contribution in [3.8, 4) is 5.75 Å². The van der Waals surface area contributed by atoms with Gasteiger partial charge in [-0.2, -0.15) is 0 Å². The largest absolute Gasteiger partial charge is 0.490 e. The maximum Gasteiger partial charge on any atom is 0.208 e. The molecule has 0 radical (unpaired) electrons. The highest BCUT2D eigenvalue weighted by Gasteiger charge is 2.11. The van der Waals surface area contributed by atoms with Gasteiger partial charge in [-0.25, -0.2) is 23.1 Å². The van der Waals surface area contributed by atoms with Gasteiger partial charge in [0.2, 0.25) is 15.8 Å². The van der Waals surface area contributed by atoms with E-state index in [1.165, 1.54) is 6.33 Å². The molecule has 0 atom stereocenters. The van der Waals surface area contributed by atoms with Crippen LogP contribution >= 0.6 is 0 Å². The molecule has 0 spiro atoms. The summed E-state index contributed by atoms with van der Waals surface area (Å²) in [5, 5.41) is 6.28. The molecule has 0 aliphatic rings. The van der Waals surface area contributed by atoms with Gasteiger partial charge in [-0.15, -0.1) is 0 Å². The Balaban J connectivity index is 2.54. The molecule has 0 aromatic carbocycles. The van der Waals surface area contributed by atoms with Crippen LogP contribution < -0.4 is 20.1 Å². The third-order valence-electron chi connectivity index (χ3n) is 2.56. The molecule has 0 saturated carbocycles. The van der Waals surface area contributed by atoms with Crippen LogP contribution in [0.2, 0.25) is 0 Å². The molecular formula is C12H23N5O3S. The van der Waals surface area contributed by atoms with E-state index in [1.54, 1.807) is 7.11 Å². The quantitative estimate of drug-likeness (QED) is 0.544. The number of nitrogens with one attached hydrogen (secondary N) is 3. The van der Waals surface area contributed by atoms with Gasteiger partial charge in [-0.1, -0.05) is 6.92 Å². The predicted molar refractivity (Wildman–Crippen MR) is 83.3 cm³/mol. The monoisotopic (exact) mass is 317 g/mol. The summed E-state index contributed by atoms with van der Waals surface area (Å²) >= 11 is 0. The number of sulfonamides is 1. The smallest absolute Gasteiger partial charge is 0.208 e. The fourth-order valence-corrected chi connectivity index (χ4v) is 2.13. The van der Waals surface area contributed by atoms with Crippen molar-refractivity contribution in [1.82, 2.24) is 14.7 Å². The first-order valence-electron chi connectivity index (χ1n) is 6.79. The molecule has 0 aliphatic heterocycles. The van der Waals surface area contributed by atoms with Crippen molar-refractivity contribution in [2.75, 3.05) is 43.6 Å². The van der Waals surface area contributed by atoms with Crippen LogP contribution in [0.5, 0.6) is 5.75 Å². The van der Waals surface area contributed by atoms with Gasteiger partial charge in [0, 0.05) is 19.6 Å². The van der Waals surface area contributed by atoms with Gasteiger partial charge in [0.25, 0.3) is 0 Å². The molecule has 0 amide bonds. The summed E-state index contributed by atoms with van der Waals surface area (Å²) < 4.78 is 29.6. The Morgan fingerprint density at radius 2 is 1.76 bits per heavy atom. The van der Waals surface area contributed by atoms with Gasteiger partial charge in [0.15, 0.2) is 11.6 Å². The third-order valence-corrected chi connectivity index (χ3v) is 3.29. The Morgan fingerprint density at radius 1 is 1.14 bits per heavy atom. The molecule has 120 valence electrons. The van der Waals surface area contributed by atoms with Gasteiger partial charge >= 0.3 is 0 Å². The summed E-state index contributed by atoms with van der Waals surface area (Å²) in [6, 6.07) is 0. The number of hydrogen-bond acceptors (Lipinski definition) is 7. The first kappa shape index (κ1) is 17.4. The summed E-state index contributed by atoms with van der Waals surface area (Å²) in [6.07, 6.45) is 4.21. The zero-order valence-electron chi connectivity index (χ0n) is 12.6. The molecule has 0 fully saturated rings. The Labute approximate surface area is 125 Å². The second-order valence-electron chi connectivity index (χ2n) is 4.48. The normalized spacial score (nSPS) is 11.2. The molecule has 0 unspecified atom stereocenters. The van der Waals surface area contributed by atoms with Crippen LogP contribution in [-0.4, -0.2) is 51.4 Å². The minimum atomic E-state index is -3.14. The second kappa shape index (κ2) is 8.63. The fourth-order valence-electron chi connectivity index (χ4n) is 1.62. The number of rotatable bonds is 10. The van der Waals surface area contributed by atoms with Crippen LogP contribution in [0, 0.1) is 0 Å². The van der Waals surface area contributed by atoms with Crippen molar-refractivity contribution in [2.45, 2.75) is 19.8 Å². The molecular weight excluding hydrogens is 294 g/mol. The fraction of sp³-hybridized carbons (Fsp3) is 0.667. The highest BCUT2D eigenvalue weighted by molar-refractivity contribution is 7.88. The summed E-state index contributed by atoms with van der Waals surface area (Å²) in [5.41, 5.74) is 0. The minimum Gasteiger partial charge on any atom is -0.490 e. The van der Waals surface area contributed by atoms with Crippen molar-refractivity contribution in [1.29, 1.82) is 0 Å². The lowest BCUT2D eigenvalue weighted by molar-refractivity contribution is 0.414. The van der Waals surface area contributed by atoms with Crippen LogP contribution in [0.25, 0.3) is 0 Å². The number of methoxy groups -OCH3 is 1. The molecule has 1 aromatic rings. The Bertz CT molecular complexity index is 536. The van der Waals surface area contributed by atoms with E-state index in [2.05, 4.69) is 32.2 Å². The van der Waals surface area contributed by atoms with Crippen molar-refractivity contribution in [2.24, 2.45) is 0 Å². The number of hydrogen-bond donors (Lipinski definition) is 3. The standard InChI is InChI=1S/C12H23N5O3S/c1-4-6-13-11-10(20-2)12(16-9-15-11)14-7-5-8-17-21(3,18)19/h9,17H,4-8H2,1-3H3,(H2,13,14,15,16). The Morgan fingerprint density at radius 3 is 2.29 bits per heavy atom. The third kappa shape index (κ3) is 6.58. The van der Waals surface area contributed by atoms with E-state index in [-0.39, 0.29) is 0 Å². The SMILES string of the molecule is CCCNc1ncnc(NCCCNS(C)(=O)=O)c1OC. The number of ether oxygens (including phenoxy) is 1. The summed E-state index contributed by atoms with van der Waals surface area (Å²) in [4.78, 5) is 8.28. The minimum absolute atomic E-state index is 0.375. The summed E-state index contributed by atoms with van der Waals surface area (Å²) in [5.74, 6) is 1.79. The van der Waals surface area contributed by atoms with Gasteiger partial charge in [-0.3, -0.25) is 0 Å². The van der Waals surface area contributed by atoms with Gasteiger partial charge in [0.05, 0.1) is 13.4 Å². The summed E-state index contributed by atoms with van der Waals surface area (Å²) in [7, 11) is -1.58. The zero-order chi connectivity index (χ0) is 15.7. The molecule has 9 heteroatoms. The first-order valence-corrected chi connectivity index (χ1v) is 8.68. The molecule has 0 aliphatic carbocycles. The van der Waals surface area contributed by atoms with Gasteiger partial charge in [-0.05, 0) is 12.8 Å². The van der Waals surface area contributed by atoms with Crippen LogP contribution in [0.15, 0.2) is 6.33 Å². The predicted octanol–water partition coefficient (Wildman–Crippen LogP) is 0.658.